The zero-order chi connectivity index (χ0) is 17.8. The first-order valence-electron chi connectivity index (χ1n) is 8.17. The Labute approximate surface area is 152 Å². The maximum atomic E-state index is 12.4. The van der Waals surface area contributed by atoms with Gasteiger partial charge in [0.15, 0.2) is 0 Å². The van der Waals surface area contributed by atoms with Gasteiger partial charge < -0.3 is 14.7 Å². The highest BCUT2D eigenvalue weighted by molar-refractivity contribution is 6.42. The van der Waals surface area contributed by atoms with Crippen LogP contribution in [-0.4, -0.2) is 41.4 Å². The van der Waals surface area contributed by atoms with Crippen molar-refractivity contribution < 1.29 is 14.6 Å². The Morgan fingerprint density at radius 3 is 2.62 bits per heavy atom. The van der Waals surface area contributed by atoms with Crippen LogP contribution >= 0.6 is 23.2 Å². The molecule has 0 aromatic heterocycles. The Hall–Kier alpha value is -0.970. The van der Waals surface area contributed by atoms with Gasteiger partial charge in [-0.15, -0.1) is 0 Å². The second-order valence-corrected chi connectivity index (χ2v) is 8.79. The minimum absolute atomic E-state index is 0.0343. The van der Waals surface area contributed by atoms with Gasteiger partial charge in [0, 0.05) is 23.9 Å². The van der Waals surface area contributed by atoms with E-state index in [9.17, 15) is 9.90 Å². The van der Waals surface area contributed by atoms with Crippen LogP contribution in [-0.2, 0) is 10.2 Å². The third kappa shape index (κ3) is 2.89. The molecule has 6 heteroatoms. The number of nitrogens with zero attached hydrogens (tertiary/aromatic N) is 1. The highest BCUT2D eigenvalue weighted by Crippen LogP contribution is 2.68. The first-order valence-corrected chi connectivity index (χ1v) is 8.92. The summed E-state index contributed by atoms with van der Waals surface area (Å²) in [4.78, 5) is 14.1. The highest BCUT2D eigenvalue weighted by atomic mass is 35.5. The summed E-state index contributed by atoms with van der Waals surface area (Å²) in [5.41, 5.74) is 0.119. The average Bonchev–Trinajstić information content (AvgIpc) is 3.18. The number of fused-ring (bicyclic) bond motifs is 1. The average molecular weight is 372 g/mol. The van der Waals surface area contributed by atoms with E-state index in [1.807, 2.05) is 32.9 Å². The number of carbonyl (C=O) groups is 1. The molecule has 2 fully saturated rings. The monoisotopic (exact) mass is 371 g/mol. The maximum absolute atomic E-state index is 12.4. The molecule has 4 nitrogen and oxygen atoms in total. The number of halogens is 2. The molecule has 1 amide bonds. The Morgan fingerprint density at radius 2 is 2.04 bits per heavy atom. The number of aliphatic hydroxyl groups excluding tert-OH is 1. The zero-order valence-electron chi connectivity index (χ0n) is 14.2. The summed E-state index contributed by atoms with van der Waals surface area (Å²) in [6, 6.07) is 5.67. The summed E-state index contributed by atoms with van der Waals surface area (Å²) in [6.07, 6.45) is 1.31. The number of hydrogen-bond donors (Lipinski definition) is 1. The first kappa shape index (κ1) is 17.8. The lowest BCUT2D eigenvalue weighted by Gasteiger charge is -2.38. The molecular weight excluding hydrogens is 349 g/mol. The van der Waals surface area contributed by atoms with Crippen LogP contribution in [0.1, 0.15) is 39.2 Å². The van der Waals surface area contributed by atoms with Crippen LogP contribution in [0.3, 0.4) is 0 Å². The number of hydrogen-bond acceptors (Lipinski definition) is 3. The zero-order valence-corrected chi connectivity index (χ0v) is 15.7. The molecule has 0 bridgehead atoms. The number of rotatable bonds is 2. The molecule has 0 spiro atoms. The van der Waals surface area contributed by atoms with E-state index in [4.69, 9.17) is 27.9 Å². The summed E-state index contributed by atoms with van der Waals surface area (Å²) in [6.45, 7) is 6.71. The minimum atomic E-state index is -0.523. The molecule has 1 saturated carbocycles. The first-order chi connectivity index (χ1) is 11.1. The van der Waals surface area contributed by atoms with Gasteiger partial charge >= 0.3 is 6.09 Å². The molecule has 2 aliphatic rings. The molecule has 2 atom stereocenters. The van der Waals surface area contributed by atoms with E-state index in [-0.39, 0.29) is 23.5 Å². The van der Waals surface area contributed by atoms with E-state index < -0.39 is 5.60 Å². The molecule has 0 radical (unpaired) electrons. The summed E-state index contributed by atoms with van der Waals surface area (Å²) in [5.74, 6) is 0. The minimum Gasteiger partial charge on any atom is -0.444 e. The van der Waals surface area contributed by atoms with Gasteiger partial charge in [-0.3, -0.25) is 0 Å². The number of ether oxygens (including phenoxy) is 1. The van der Waals surface area contributed by atoms with E-state index in [1.165, 1.54) is 0 Å². The molecule has 1 saturated heterocycles. The van der Waals surface area contributed by atoms with Crippen molar-refractivity contribution in [1.29, 1.82) is 0 Å². The van der Waals surface area contributed by atoms with Crippen molar-refractivity contribution in [3.8, 4) is 0 Å². The largest absolute Gasteiger partial charge is 0.444 e. The fourth-order valence-corrected chi connectivity index (χ4v) is 4.25. The van der Waals surface area contributed by atoms with Gasteiger partial charge in [-0.2, -0.15) is 0 Å². The Kier molecular flexibility index (Phi) is 4.30. The van der Waals surface area contributed by atoms with Gasteiger partial charge in [0.2, 0.25) is 0 Å². The van der Waals surface area contributed by atoms with Crippen molar-refractivity contribution >= 4 is 29.3 Å². The number of amides is 1. The molecule has 1 N–H and O–H groups in total. The third-order valence-corrected chi connectivity index (χ3v) is 6.00. The molecule has 1 aromatic rings. The Morgan fingerprint density at radius 1 is 1.33 bits per heavy atom. The predicted octanol–water partition coefficient (Wildman–Crippen LogP) is 4.25. The highest BCUT2D eigenvalue weighted by Gasteiger charge is 2.70. The van der Waals surface area contributed by atoms with Crippen molar-refractivity contribution in [3.63, 3.8) is 0 Å². The fourth-order valence-electron chi connectivity index (χ4n) is 3.95. The van der Waals surface area contributed by atoms with Crippen molar-refractivity contribution in [2.24, 2.45) is 5.41 Å². The third-order valence-electron chi connectivity index (χ3n) is 5.26. The van der Waals surface area contributed by atoms with Crippen LogP contribution in [0.15, 0.2) is 18.2 Å². The van der Waals surface area contributed by atoms with Gasteiger partial charge in [0.1, 0.15) is 5.60 Å². The quantitative estimate of drug-likeness (QED) is 0.844. The number of benzene rings is 1. The number of likely N-dealkylation sites (tertiary alicyclic amines) is 1. The lowest BCUT2D eigenvalue weighted by molar-refractivity contribution is 0.00891. The van der Waals surface area contributed by atoms with Gasteiger partial charge in [0.25, 0.3) is 0 Å². The van der Waals surface area contributed by atoms with Crippen LogP contribution in [0, 0.1) is 5.41 Å². The van der Waals surface area contributed by atoms with Crippen molar-refractivity contribution in [2.45, 2.75) is 44.6 Å². The van der Waals surface area contributed by atoms with Gasteiger partial charge in [0.05, 0.1) is 16.7 Å². The lowest BCUT2D eigenvalue weighted by atomic mass is 9.80. The summed E-state index contributed by atoms with van der Waals surface area (Å²) in [5, 5.41) is 11.1. The molecule has 132 valence electrons. The van der Waals surface area contributed by atoms with Crippen LogP contribution in [0.2, 0.25) is 10.0 Å². The van der Waals surface area contributed by atoms with Crippen LogP contribution in [0.5, 0.6) is 0 Å². The SMILES string of the molecule is CC(C)(C)OC(=O)N1CCC2(c3ccc(Cl)c(Cl)c3)C[C@]2(CO)C1. The van der Waals surface area contributed by atoms with E-state index in [0.29, 0.717) is 23.1 Å². The maximum Gasteiger partial charge on any atom is 0.410 e. The summed E-state index contributed by atoms with van der Waals surface area (Å²) in [7, 11) is 0. The standard InChI is InChI=1S/C18H23Cl2NO3/c1-16(2,3)24-15(23)21-7-6-18(9-17(18,10-21)11-22)12-4-5-13(19)14(20)8-12/h4-5,8,22H,6-7,9-11H2,1-3H3/t17-,18?/m1/s1. The van der Waals surface area contributed by atoms with Crippen molar-refractivity contribution in [3.05, 3.63) is 33.8 Å². The molecule has 1 aliphatic heterocycles. The molecule has 3 rings (SSSR count). The topological polar surface area (TPSA) is 49.8 Å². The molecule has 1 aliphatic carbocycles. The van der Waals surface area contributed by atoms with Crippen molar-refractivity contribution in [2.75, 3.05) is 19.7 Å². The molecule has 1 heterocycles. The smallest absolute Gasteiger partial charge is 0.410 e. The predicted molar refractivity (Wildman–Crippen MR) is 94.7 cm³/mol. The second-order valence-electron chi connectivity index (χ2n) is 7.98. The number of aliphatic hydroxyl groups is 1. The summed E-state index contributed by atoms with van der Waals surface area (Å²) < 4.78 is 5.47. The van der Waals surface area contributed by atoms with Crippen LogP contribution < -0.4 is 0 Å². The van der Waals surface area contributed by atoms with Gasteiger partial charge in [-0.1, -0.05) is 29.3 Å². The van der Waals surface area contributed by atoms with Gasteiger partial charge in [-0.05, 0) is 51.3 Å². The van der Waals surface area contributed by atoms with E-state index >= 15 is 0 Å². The van der Waals surface area contributed by atoms with E-state index in [2.05, 4.69) is 0 Å². The van der Waals surface area contributed by atoms with E-state index in [1.54, 1.807) is 11.0 Å². The Bertz CT molecular complexity index is 673. The molecular formula is C18H23Cl2NO3. The molecule has 1 unspecified atom stereocenters. The van der Waals surface area contributed by atoms with Crippen molar-refractivity contribution in [1.82, 2.24) is 4.90 Å². The van der Waals surface area contributed by atoms with Crippen LogP contribution in [0.4, 0.5) is 4.79 Å². The van der Waals surface area contributed by atoms with Crippen LogP contribution in [0.25, 0.3) is 0 Å². The normalized spacial score (nSPS) is 29.2. The number of carbonyl (C=O) groups excluding carboxylic acids is 1. The molecule has 1 aromatic carbocycles. The second kappa shape index (κ2) is 5.79. The van der Waals surface area contributed by atoms with Gasteiger partial charge in [-0.25, -0.2) is 4.79 Å². The fraction of sp³-hybridized carbons (Fsp3) is 0.611. The number of piperidine rings is 1. The molecule has 24 heavy (non-hydrogen) atoms. The van der Waals surface area contributed by atoms with E-state index in [0.717, 1.165) is 18.4 Å². The Balaban J connectivity index is 1.81. The lowest BCUT2D eigenvalue weighted by Crippen LogP contribution is -2.48. The summed E-state index contributed by atoms with van der Waals surface area (Å²) >= 11 is 12.2.